The third-order valence-electron chi connectivity index (χ3n) is 2.80. The van der Waals surface area contributed by atoms with E-state index in [0.717, 1.165) is 0 Å². The van der Waals surface area contributed by atoms with Gasteiger partial charge in [0.2, 0.25) is 0 Å². The van der Waals surface area contributed by atoms with Crippen LogP contribution in [0, 0.1) is 6.92 Å². The van der Waals surface area contributed by atoms with E-state index in [0.29, 0.717) is 35.5 Å². The van der Waals surface area contributed by atoms with Crippen LogP contribution >= 0.6 is 11.6 Å². The molecule has 0 saturated heterocycles. The molecule has 116 valence electrons. The highest BCUT2D eigenvalue weighted by Gasteiger charge is 2.10. The monoisotopic (exact) mass is 320 g/mol. The van der Waals surface area contributed by atoms with Gasteiger partial charge in [-0.2, -0.15) is 0 Å². The molecule has 0 aliphatic rings. The highest BCUT2D eigenvalue weighted by molar-refractivity contribution is 6.33. The maximum absolute atomic E-state index is 12.0. The summed E-state index contributed by atoms with van der Waals surface area (Å²) in [6, 6.07) is 8.89. The molecule has 2 N–H and O–H groups in total. The van der Waals surface area contributed by atoms with E-state index in [2.05, 4.69) is 20.6 Å². The fraction of sp³-hybridized carbons (Fsp3) is 0.267. The summed E-state index contributed by atoms with van der Waals surface area (Å²) in [4.78, 5) is 20.4. The van der Waals surface area contributed by atoms with Gasteiger partial charge in [-0.25, -0.2) is 9.97 Å². The molecular weight excluding hydrogens is 304 g/mol. The summed E-state index contributed by atoms with van der Waals surface area (Å²) in [5.74, 6) is 0.733. The molecule has 1 aromatic heterocycles. The molecule has 0 radical (unpaired) electrons. The molecule has 0 bridgehead atoms. The van der Waals surface area contributed by atoms with Crippen LogP contribution in [0.4, 0.5) is 11.5 Å². The molecule has 2 aromatic rings. The van der Waals surface area contributed by atoms with Crippen molar-refractivity contribution >= 4 is 29.0 Å². The van der Waals surface area contributed by atoms with Crippen LogP contribution in [0.25, 0.3) is 0 Å². The van der Waals surface area contributed by atoms with Crippen molar-refractivity contribution in [3.63, 3.8) is 0 Å². The summed E-state index contributed by atoms with van der Waals surface area (Å²) in [7, 11) is 1.58. The number of nitrogens with one attached hydrogen (secondary N) is 2. The van der Waals surface area contributed by atoms with E-state index in [4.69, 9.17) is 16.3 Å². The maximum atomic E-state index is 12.0. The first-order valence-corrected chi connectivity index (χ1v) is 7.12. The van der Waals surface area contributed by atoms with E-state index in [1.54, 1.807) is 26.2 Å². The van der Waals surface area contributed by atoms with Gasteiger partial charge in [-0.1, -0.05) is 23.7 Å². The smallest absolute Gasteiger partial charge is 0.270 e. The van der Waals surface area contributed by atoms with E-state index >= 15 is 0 Å². The average molecular weight is 321 g/mol. The van der Waals surface area contributed by atoms with E-state index in [9.17, 15) is 4.79 Å². The first-order valence-electron chi connectivity index (χ1n) is 6.74. The molecule has 0 unspecified atom stereocenters. The van der Waals surface area contributed by atoms with Gasteiger partial charge in [-0.3, -0.25) is 4.79 Å². The molecule has 22 heavy (non-hydrogen) atoms. The van der Waals surface area contributed by atoms with Crippen LogP contribution in [0.2, 0.25) is 5.02 Å². The third-order valence-corrected chi connectivity index (χ3v) is 3.13. The molecule has 0 spiro atoms. The minimum absolute atomic E-state index is 0.273. The Balaban J connectivity index is 2.16. The van der Waals surface area contributed by atoms with Crippen LogP contribution in [-0.2, 0) is 4.74 Å². The van der Waals surface area contributed by atoms with Gasteiger partial charge in [0, 0.05) is 19.7 Å². The Hall–Kier alpha value is -2.18. The normalized spacial score (nSPS) is 10.3. The van der Waals surface area contributed by atoms with Crippen LogP contribution in [0.1, 0.15) is 16.3 Å². The molecule has 0 fully saturated rings. The highest BCUT2D eigenvalue weighted by Crippen LogP contribution is 2.24. The number of hydrogen-bond acceptors (Lipinski definition) is 5. The Bertz CT molecular complexity index is 664. The second-order valence-corrected chi connectivity index (χ2v) is 4.95. The second kappa shape index (κ2) is 7.72. The second-order valence-electron chi connectivity index (χ2n) is 4.54. The Labute approximate surface area is 133 Å². The van der Waals surface area contributed by atoms with Crippen molar-refractivity contribution in [1.29, 1.82) is 0 Å². The van der Waals surface area contributed by atoms with Crippen molar-refractivity contribution in [3.8, 4) is 0 Å². The van der Waals surface area contributed by atoms with Crippen molar-refractivity contribution in [2.75, 3.05) is 25.6 Å². The summed E-state index contributed by atoms with van der Waals surface area (Å²) in [6.07, 6.45) is 0. The van der Waals surface area contributed by atoms with E-state index in [1.807, 2.05) is 18.2 Å². The van der Waals surface area contributed by atoms with Gasteiger partial charge >= 0.3 is 0 Å². The number of nitrogens with zero attached hydrogens (tertiary/aromatic N) is 2. The van der Waals surface area contributed by atoms with Crippen molar-refractivity contribution in [1.82, 2.24) is 15.3 Å². The first kappa shape index (κ1) is 16.2. The number of benzene rings is 1. The molecule has 2 rings (SSSR count). The lowest BCUT2D eigenvalue weighted by molar-refractivity contribution is 0.0932. The van der Waals surface area contributed by atoms with Gasteiger partial charge in [0.15, 0.2) is 0 Å². The summed E-state index contributed by atoms with van der Waals surface area (Å²) in [5, 5.41) is 6.38. The SMILES string of the molecule is COCCNC(=O)c1cc(Nc2ccccc2Cl)nc(C)n1. The fourth-order valence-corrected chi connectivity index (χ4v) is 1.99. The molecule has 0 aliphatic heterocycles. The maximum Gasteiger partial charge on any atom is 0.270 e. The Kier molecular flexibility index (Phi) is 5.68. The topological polar surface area (TPSA) is 76.1 Å². The molecule has 6 nitrogen and oxygen atoms in total. The summed E-state index contributed by atoms with van der Waals surface area (Å²) in [5.41, 5.74) is 1.01. The molecular formula is C15H17ClN4O2. The number of aromatic nitrogens is 2. The van der Waals surface area contributed by atoms with Crippen molar-refractivity contribution in [3.05, 3.63) is 46.9 Å². The number of hydrogen-bond donors (Lipinski definition) is 2. The number of carbonyl (C=O) groups excluding carboxylic acids is 1. The number of carbonyl (C=O) groups is 1. The van der Waals surface area contributed by atoms with Gasteiger partial charge in [-0.05, 0) is 19.1 Å². The van der Waals surface area contributed by atoms with Crippen LogP contribution in [-0.4, -0.2) is 36.1 Å². The highest BCUT2D eigenvalue weighted by atomic mass is 35.5. The number of aryl methyl sites for hydroxylation is 1. The molecule has 0 aliphatic carbocycles. The lowest BCUT2D eigenvalue weighted by Gasteiger charge is -2.10. The minimum atomic E-state index is -0.273. The summed E-state index contributed by atoms with van der Waals surface area (Å²) in [6.45, 7) is 2.59. The summed E-state index contributed by atoms with van der Waals surface area (Å²) < 4.78 is 4.89. The molecule has 1 heterocycles. The van der Waals surface area contributed by atoms with Crippen LogP contribution in [0.15, 0.2) is 30.3 Å². The number of anilines is 2. The van der Waals surface area contributed by atoms with Gasteiger partial charge in [0.25, 0.3) is 5.91 Å². The van der Waals surface area contributed by atoms with E-state index in [1.165, 1.54) is 0 Å². The largest absolute Gasteiger partial charge is 0.383 e. The number of amides is 1. The molecule has 0 atom stereocenters. The number of para-hydroxylation sites is 1. The predicted octanol–water partition coefficient (Wildman–Crippen LogP) is 2.56. The Morgan fingerprint density at radius 2 is 2.09 bits per heavy atom. The number of rotatable bonds is 6. The van der Waals surface area contributed by atoms with Crippen LogP contribution in [0.5, 0.6) is 0 Å². The Morgan fingerprint density at radius 1 is 1.32 bits per heavy atom. The quantitative estimate of drug-likeness (QED) is 0.800. The van der Waals surface area contributed by atoms with Crippen LogP contribution < -0.4 is 10.6 Å². The fourth-order valence-electron chi connectivity index (χ4n) is 1.81. The predicted molar refractivity (Wildman–Crippen MR) is 85.7 cm³/mol. The van der Waals surface area contributed by atoms with Crippen molar-refractivity contribution < 1.29 is 9.53 Å². The number of methoxy groups -OCH3 is 1. The zero-order valence-corrected chi connectivity index (χ0v) is 13.1. The summed E-state index contributed by atoms with van der Waals surface area (Å²) >= 11 is 6.10. The number of ether oxygens (including phenoxy) is 1. The third kappa shape index (κ3) is 4.41. The van der Waals surface area contributed by atoms with Gasteiger partial charge in [-0.15, -0.1) is 0 Å². The van der Waals surface area contributed by atoms with Crippen molar-refractivity contribution in [2.24, 2.45) is 0 Å². The molecule has 1 aromatic carbocycles. The molecule has 7 heteroatoms. The van der Waals surface area contributed by atoms with E-state index in [-0.39, 0.29) is 11.6 Å². The minimum Gasteiger partial charge on any atom is -0.383 e. The van der Waals surface area contributed by atoms with Crippen molar-refractivity contribution in [2.45, 2.75) is 6.92 Å². The zero-order chi connectivity index (χ0) is 15.9. The van der Waals surface area contributed by atoms with Gasteiger partial charge in [0.05, 0.1) is 17.3 Å². The number of halogens is 1. The first-order chi connectivity index (χ1) is 10.6. The van der Waals surface area contributed by atoms with Gasteiger partial charge in [0.1, 0.15) is 17.3 Å². The van der Waals surface area contributed by atoms with E-state index < -0.39 is 0 Å². The lowest BCUT2D eigenvalue weighted by Crippen LogP contribution is -2.28. The standard InChI is InChI=1S/C15H17ClN4O2/c1-10-18-13(15(21)17-7-8-22-2)9-14(19-10)20-12-6-4-3-5-11(12)16/h3-6,9H,7-8H2,1-2H3,(H,17,21)(H,18,19,20). The Morgan fingerprint density at radius 3 is 2.82 bits per heavy atom. The molecule has 0 saturated carbocycles. The zero-order valence-electron chi connectivity index (χ0n) is 12.4. The van der Waals surface area contributed by atoms with Crippen LogP contribution in [0.3, 0.4) is 0 Å². The average Bonchev–Trinajstić information content (AvgIpc) is 2.49. The molecule has 1 amide bonds. The lowest BCUT2D eigenvalue weighted by atomic mass is 10.3. The van der Waals surface area contributed by atoms with Gasteiger partial charge < -0.3 is 15.4 Å².